The van der Waals surface area contributed by atoms with E-state index in [2.05, 4.69) is 131 Å². The first kappa shape index (κ1) is 23.0. The van der Waals surface area contributed by atoms with E-state index in [1.807, 2.05) is 42.5 Å². The Morgan fingerprint density at radius 2 is 1.08 bits per heavy atom. The van der Waals surface area contributed by atoms with Gasteiger partial charge in [0.1, 0.15) is 0 Å². The molecule has 0 aliphatic heterocycles. The van der Waals surface area contributed by atoms with Gasteiger partial charge in [0.25, 0.3) is 0 Å². The fraction of sp³-hybridized carbons (Fsp3) is 0. The Hall–Kier alpha value is -6.38. The summed E-state index contributed by atoms with van der Waals surface area (Å²) >= 11 is 0. The number of hydrogen-bond donors (Lipinski definition) is 0. The Morgan fingerprint density at radius 1 is 0.438 bits per heavy atom. The van der Waals surface area contributed by atoms with Gasteiger partial charge in [0.15, 0.2) is 0 Å². The quantitative estimate of drug-likeness (QED) is 0.180. The minimum Gasteiger partial charge on any atom is -0.310 e. The molecule has 0 atom stereocenters. The first-order valence-electron chi connectivity index (χ1n) is 18.5. The molecule has 2 heteroatoms. The van der Waals surface area contributed by atoms with E-state index in [-0.39, 0.29) is 29.7 Å². The zero-order chi connectivity index (χ0) is 36.2. The largest absolute Gasteiger partial charge is 0.310 e. The van der Waals surface area contributed by atoms with E-state index in [0.29, 0.717) is 5.56 Å². The van der Waals surface area contributed by atoms with Gasteiger partial charge in [0, 0.05) is 33.5 Å². The van der Waals surface area contributed by atoms with Crippen molar-refractivity contribution in [2.24, 2.45) is 0 Å². The first-order chi connectivity index (χ1) is 25.9. The van der Waals surface area contributed by atoms with Gasteiger partial charge in [-0.05, 0) is 93.7 Å². The van der Waals surface area contributed by atoms with Crippen LogP contribution >= 0.6 is 0 Å². The third-order valence-electron chi connectivity index (χ3n) is 9.04. The number of benzene rings is 8. The zero-order valence-electron chi connectivity index (χ0n) is 31.0. The van der Waals surface area contributed by atoms with Crippen molar-refractivity contribution in [1.82, 2.24) is 4.57 Å². The SMILES string of the molecule is [2H]c1c([2H])c([2H])c(-c2cccc3c2c2c4ccccc4ccc2n3-c2ccc(-c3cccc(N(c4ccccc4)c4ccccc4)c3)cc2)c([2H])c1[2H]. The minimum atomic E-state index is -0.401. The van der Waals surface area contributed by atoms with Gasteiger partial charge < -0.3 is 9.47 Å². The molecule has 0 aliphatic rings. The second-order valence-electron chi connectivity index (χ2n) is 11.8. The normalized spacial score (nSPS) is 12.8. The van der Waals surface area contributed by atoms with Gasteiger partial charge in [-0.2, -0.15) is 0 Å². The van der Waals surface area contributed by atoms with Crippen LogP contribution in [-0.2, 0) is 0 Å². The van der Waals surface area contributed by atoms with Crippen LogP contribution in [0.25, 0.3) is 60.5 Å². The lowest BCUT2D eigenvalue weighted by Gasteiger charge is -2.26. The fourth-order valence-electron chi connectivity index (χ4n) is 6.93. The molecule has 0 N–H and O–H groups in total. The molecule has 0 radical (unpaired) electrons. The second kappa shape index (κ2) is 11.8. The highest BCUT2D eigenvalue weighted by Gasteiger charge is 2.18. The van der Waals surface area contributed by atoms with E-state index in [4.69, 9.17) is 6.85 Å². The summed E-state index contributed by atoms with van der Waals surface area (Å²) in [5, 5.41) is 3.91. The highest BCUT2D eigenvalue weighted by Crippen LogP contribution is 2.42. The molecular formula is C46H32N2. The van der Waals surface area contributed by atoms with E-state index >= 15 is 0 Å². The van der Waals surface area contributed by atoms with Crippen molar-refractivity contribution in [1.29, 1.82) is 0 Å². The molecule has 226 valence electrons. The highest BCUT2D eigenvalue weighted by atomic mass is 15.1. The van der Waals surface area contributed by atoms with Crippen LogP contribution in [0.4, 0.5) is 17.1 Å². The van der Waals surface area contributed by atoms with Crippen molar-refractivity contribution < 1.29 is 6.85 Å². The Bertz CT molecular complexity index is 2760. The summed E-state index contributed by atoms with van der Waals surface area (Å²) in [4.78, 5) is 2.26. The van der Waals surface area contributed by atoms with Gasteiger partial charge in [-0.25, -0.2) is 0 Å². The second-order valence-corrected chi connectivity index (χ2v) is 11.8. The maximum Gasteiger partial charge on any atom is 0.0629 e. The van der Waals surface area contributed by atoms with Crippen molar-refractivity contribution in [3.63, 3.8) is 0 Å². The molecule has 0 saturated heterocycles. The number of hydrogen-bond acceptors (Lipinski definition) is 1. The van der Waals surface area contributed by atoms with Gasteiger partial charge in [-0.3, -0.25) is 0 Å². The predicted octanol–water partition coefficient (Wildman–Crippen LogP) is 12.7. The third kappa shape index (κ3) is 4.74. The number of para-hydroxylation sites is 2. The molecule has 8 aromatic carbocycles. The zero-order valence-corrected chi connectivity index (χ0v) is 26.0. The number of aromatic nitrogens is 1. The van der Waals surface area contributed by atoms with Crippen LogP contribution in [0.2, 0.25) is 0 Å². The van der Waals surface area contributed by atoms with Gasteiger partial charge >= 0.3 is 0 Å². The Labute approximate surface area is 287 Å². The van der Waals surface area contributed by atoms with Crippen LogP contribution in [0.1, 0.15) is 6.85 Å². The van der Waals surface area contributed by atoms with E-state index in [1.165, 1.54) is 0 Å². The van der Waals surface area contributed by atoms with Gasteiger partial charge in [-0.15, -0.1) is 0 Å². The average Bonchev–Trinajstić information content (AvgIpc) is 3.56. The number of anilines is 3. The van der Waals surface area contributed by atoms with Crippen LogP contribution in [0, 0.1) is 0 Å². The van der Waals surface area contributed by atoms with Crippen LogP contribution in [-0.4, -0.2) is 4.57 Å². The summed E-state index contributed by atoms with van der Waals surface area (Å²) in [5.74, 6) is 0. The van der Waals surface area contributed by atoms with Crippen LogP contribution in [0.15, 0.2) is 194 Å². The van der Waals surface area contributed by atoms with Gasteiger partial charge in [-0.1, -0.05) is 133 Å². The number of rotatable bonds is 6. The summed E-state index contributed by atoms with van der Waals surface area (Å²) in [5.41, 5.74) is 8.98. The monoisotopic (exact) mass is 617 g/mol. The molecule has 0 fully saturated rings. The summed E-state index contributed by atoms with van der Waals surface area (Å²) in [6.07, 6.45) is 0. The summed E-state index contributed by atoms with van der Waals surface area (Å²) in [6.45, 7) is 0. The molecule has 1 heterocycles. The summed E-state index contributed by atoms with van der Waals surface area (Å²) in [6, 6.07) is 54.6. The van der Waals surface area contributed by atoms with Gasteiger partial charge in [0.05, 0.1) is 17.9 Å². The molecule has 1 aromatic heterocycles. The number of nitrogens with zero attached hydrogens (tertiary/aromatic N) is 2. The molecule has 9 aromatic rings. The standard InChI is InChI=1S/C46H32N2/c1-4-14-34(15-5-1)42-24-13-25-43-45(42)46-41-23-11-10-16-35(41)28-31-44(46)48(43)39-29-26-33(27-30-39)36-17-12-22-40(32-36)47(37-18-6-2-7-19-37)38-20-8-3-9-21-38/h1-32H/i1D,4D,5D,14D,15D. The lowest BCUT2D eigenvalue weighted by Crippen LogP contribution is -2.09. The minimum absolute atomic E-state index is 0.198. The van der Waals surface area contributed by atoms with Crippen LogP contribution < -0.4 is 4.90 Å². The Kier molecular flexibility index (Phi) is 5.64. The maximum absolute atomic E-state index is 8.85. The number of fused-ring (bicyclic) bond motifs is 5. The lowest BCUT2D eigenvalue weighted by molar-refractivity contribution is 1.18. The summed E-state index contributed by atoms with van der Waals surface area (Å²) < 4.78 is 45.0. The molecule has 0 saturated carbocycles. The topological polar surface area (TPSA) is 8.17 Å². The maximum atomic E-state index is 8.85. The molecule has 0 bridgehead atoms. The van der Waals surface area contributed by atoms with Crippen LogP contribution in [0.5, 0.6) is 0 Å². The van der Waals surface area contributed by atoms with E-state index in [1.54, 1.807) is 0 Å². The Morgan fingerprint density at radius 3 is 1.83 bits per heavy atom. The summed E-state index contributed by atoms with van der Waals surface area (Å²) in [7, 11) is 0. The molecule has 0 unspecified atom stereocenters. The average molecular weight is 618 g/mol. The molecule has 0 aliphatic carbocycles. The molecule has 0 amide bonds. The molecular weight excluding hydrogens is 581 g/mol. The van der Waals surface area contributed by atoms with E-state index < -0.39 is 6.04 Å². The van der Waals surface area contributed by atoms with Gasteiger partial charge in [0.2, 0.25) is 0 Å². The highest BCUT2D eigenvalue weighted by molar-refractivity contribution is 6.25. The molecule has 48 heavy (non-hydrogen) atoms. The van der Waals surface area contributed by atoms with Crippen LogP contribution in [0.3, 0.4) is 0 Å². The third-order valence-corrected chi connectivity index (χ3v) is 9.04. The first-order valence-corrected chi connectivity index (χ1v) is 16.0. The van der Waals surface area contributed by atoms with Crippen molar-refractivity contribution in [2.75, 3.05) is 4.90 Å². The fourth-order valence-corrected chi connectivity index (χ4v) is 6.93. The van der Waals surface area contributed by atoms with Crippen molar-refractivity contribution in [3.8, 4) is 27.9 Å². The smallest absolute Gasteiger partial charge is 0.0629 e. The predicted molar refractivity (Wildman–Crippen MR) is 204 cm³/mol. The van der Waals surface area contributed by atoms with E-state index in [9.17, 15) is 0 Å². The van der Waals surface area contributed by atoms with Crippen molar-refractivity contribution in [3.05, 3.63) is 194 Å². The van der Waals surface area contributed by atoms with E-state index in [0.717, 1.165) is 66.5 Å². The Balaban J connectivity index is 1.22. The van der Waals surface area contributed by atoms with Crippen molar-refractivity contribution >= 4 is 49.6 Å². The van der Waals surface area contributed by atoms with Crippen molar-refractivity contribution in [2.45, 2.75) is 0 Å². The molecule has 0 spiro atoms. The molecule has 2 nitrogen and oxygen atoms in total. The molecule has 9 rings (SSSR count). The lowest BCUT2D eigenvalue weighted by atomic mass is 9.97.